The number of halogens is 1. The van der Waals surface area contributed by atoms with Gasteiger partial charge in [-0.1, -0.05) is 22.6 Å². The van der Waals surface area contributed by atoms with E-state index in [4.69, 9.17) is 0 Å². The number of hydrogen-bond acceptors (Lipinski definition) is 3. The van der Waals surface area contributed by atoms with Crippen molar-refractivity contribution in [2.45, 2.75) is 23.0 Å². The SMILES string of the molecule is COC(=O)N1CCC[C@H](I)[C@H]1O. The molecule has 70 valence electrons. The first kappa shape index (κ1) is 10.0. The molecule has 0 aliphatic carbocycles. The zero-order valence-corrected chi connectivity index (χ0v) is 9.02. The van der Waals surface area contributed by atoms with Crippen LogP contribution in [0.15, 0.2) is 0 Å². The fraction of sp³-hybridized carbons (Fsp3) is 0.857. The summed E-state index contributed by atoms with van der Waals surface area (Å²) in [5.74, 6) is 0. The molecule has 2 atom stereocenters. The number of aliphatic hydroxyl groups excluding tert-OH is 1. The molecule has 1 heterocycles. The minimum absolute atomic E-state index is 0.121. The van der Waals surface area contributed by atoms with Crippen molar-refractivity contribution in [3.63, 3.8) is 0 Å². The number of likely N-dealkylation sites (tertiary alicyclic amines) is 1. The van der Waals surface area contributed by atoms with Crippen LogP contribution in [-0.2, 0) is 4.74 Å². The van der Waals surface area contributed by atoms with Gasteiger partial charge in [-0.05, 0) is 12.8 Å². The molecule has 12 heavy (non-hydrogen) atoms. The van der Waals surface area contributed by atoms with E-state index in [1.165, 1.54) is 12.0 Å². The second-order valence-electron chi connectivity index (χ2n) is 2.74. The van der Waals surface area contributed by atoms with Gasteiger partial charge in [0.2, 0.25) is 0 Å². The van der Waals surface area contributed by atoms with E-state index in [9.17, 15) is 9.90 Å². The van der Waals surface area contributed by atoms with Crippen molar-refractivity contribution in [3.05, 3.63) is 0 Å². The van der Waals surface area contributed by atoms with Crippen LogP contribution in [0.3, 0.4) is 0 Å². The molecule has 1 aliphatic rings. The molecule has 0 bridgehead atoms. The minimum Gasteiger partial charge on any atom is -0.453 e. The topological polar surface area (TPSA) is 49.8 Å². The third kappa shape index (κ3) is 2.01. The number of rotatable bonds is 0. The molecule has 1 fully saturated rings. The lowest BCUT2D eigenvalue weighted by molar-refractivity contribution is -0.00880. The van der Waals surface area contributed by atoms with Gasteiger partial charge in [0.05, 0.1) is 11.0 Å². The number of alkyl halides is 1. The number of methoxy groups -OCH3 is 1. The standard InChI is InChI=1S/C7H12INO3/c1-12-7(11)9-4-2-3-5(8)6(9)10/h5-6,10H,2-4H2,1H3/t5-,6+/m0/s1. The first-order valence-corrected chi connectivity index (χ1v) is 5.08. The van der Waals surface area contributed by atoms with Crippen molar-refractivity contribution in [3.8, 4) is 0 Å². The van der Waals surface area contributed by atoms with Gasteiger partial charge in [-0.15, -0.1) is 0 Å². The van der Waals surface area contributed by atoms with Gasteiger partial charge in [0, 0.05) is 6.54 Å². The number of piperidine rings is 1. The first-order chi connectivity index (χ1) is 5.66. The minimum atomic E-state index is -0.688. The Bertz CT molecular complexity index is 176. The molecule has 0 aromatic rings. The smallest absolute Gasteiger partial charge is 0.411 e. The van der Waals surface area contributed by atoms with Gasteiger partial charge in [0.1, 0.15) is 6.23 Å². The number of aliphatic hydroxyl groups is 1. The summed E-state index contributed by atoms with van der Waals surface area (Å²) in [5.41, 5.74) is 0. The van der Waals surface area contributed by atoms with Crippen LogP contribution in [0, 0.1) is 0 Å². The molecule has 1 saturated heterocycles. The van der Waals surface area contributed by atoms with E-state index in [0.29, 0.717) is 6.54 Å². The monoisotopic (exact) mass is 285 g/mol. The normalized spacial score (nSPS) is 30.1. The third-order valence-corrected chi connectivity index (χ3v) is 3.20. The summed E-state index contributed by atoms with van der Waals surface area (Å²) < 4.78 is 4.65. The van der Waals surface area contributed by atoms with Gasteiger partial charge in [0.25, 0.3) is 0 Å². The van der Waals surface area contributed by atoms with Crippen LogP contribution in [-0.4, -0.2) is 39.9 Å². The van der Waals surface area contributed by atoms with Crippen LogP contribution in [0.4, 0.5) is 4.79 Å². The number of carbonyl (C=O) groups excluding carboxylic acids is 1. The fourth-order valence-electron chi connectivity index (χ4n) is 1.25. The van der Waals surface area contributed by atoms with E-state index < -0.39 is 12.3 Å². The van der Waals surface area contributed by atoms with Gasteiger partial charge >= 0.3 is 6.09 Å². The highest BCUT2D eigenvalue weighted by molar-refractivity contribution is 14.1. The number of hydrogen-bond donors (Lipinski definition) is 1. The lowest BCUT2D eigenvalue weighted by Gasteiger charge is -2.34. The van der Waals surface area contributed by atoms with Crippen LogP contribution in [0.1, 0.15) is 12.8 Å². The second kappa shape index (κ2) is 4.27. The van der Waals surface area contributed by atoms with E-state index in [1.54, 1.807) is 0 Å². The predicted molar refractivity (Wildman–Crippen MR) is 52.2 cm³/mol. The number of amides is 1. The highest BCUT2D eigenvalue weighted by atomic mass is 127. The summed E-state index contributed by atoms with van der Waals surface area (Å²) in [7, 11) is 1.33. The molecule has 0 radical (unpaired) electrons. The Morgan fingerprint density at radius 3 is 3.00 bits per heavy atom. The molecule has 0 spiro atoms. The summed E-state index contributed by atoms with van der Waals surface area (Å²) in [4.78, 5) is 12.4. The van der Waals surface area contributed by atoms with Crippen LogP contribution in [0.5, 0.6) is 0 Å². The van der Waals surface area contributed by atoms with Crippen molar-refractivity contribution in [1.82, 2.24) is 4.90 Å². The molecule has 0 aromatic carbocycles. The van der Waals surface area contributed by atoms with E-state index in [1.807, 2.05) is 0 Å². The van der Waals surface area contributed by atoms with Gasteiger partial charge in [0.15, 0.2) is 0 Å². The molecule has 1 amide bonds. The molecule has 1 N–H and O–H groups in total. The quantitative estimate of drug-likeness (QED) is 0.533. The summed E-state index contributed by atoms with van der Waals surface area (Å²) in [6.45, 7) is 0.591. The zero-order valence-electron chi connectivity index (χ0n) is 6.86. The van der Waals surface area contributed by atoms with E-state index >= 15 is 0 Å². The van der Waals surface area contributed by atoms with Gasteiger partial charge in [-0.25, -0.2) is 4.79 Å². The molecule has 0 saturated carbocycles. The fourth-order valence-corrected chi connectivity index (χ4v) is 2.08. The van der Waals surface area contributed by atoms with E-state index in [2.05, 4.69) is 27.3 Å². The Kier molecular flexibility index (Phi) is 3.57. The number of carbonyl (C=O) groups is 1. The van der Waals surface area contributed by atoms with Crippen molar-refractivity contribution in [1.29, 1.82) is 0 Å². The molecule has 0 aromatic heterocycles. The molecule has 1 aliphatic heterocycles. The molecule has 4 nitrogen and oxygen atoms in total. The Morgan fingerprint density at radius 2 is 2.42 bits per heavy atom. The van der Waals surface area contributed by atoms with Crippen molar-refractivity contribution in [2.75, 3.05) is 13.7 Å². The first-order valence-electron chi connectivity index (χ1n) is 3.83. The Labute approximate surface area is 85.0 Å². The van der Waals surface area contributed by atoms with Crippen LogP contribution >= 0.6 is 22.6 Å². The molecular formula is C7H12INO3. The number of ether oxygens (including phenoxy) is 1. The average molecular weight is 285 g/mol. The van der Waals surface area contributed by atoms with Gasteiger partial charge < -0.3 is 9.84 Å². The molecule has 0 unspecified atom stereocenters. The lowest BCUT2D eigenvalue weighted by Crippen LogP contribution is -2.48. The average Bonchev–Trinajstić information content (AvgIpc) is 2.08. The van der Waals surface area contributed by atoms with Crippen molar-refractivity contribution in [2.24, 2.45) is 0 Å². The second-order valence-corrected chi connectivity index (χ2v) is 4.34. The number of nitrogens with zero attached hydrogens (tertiary/aromatic N) is 1. The maximum absolute atomic E-state index is 11.1. The van der Waals surface area contributed by atoms with Crippen LogP contribution in [0.25, 0.3) is 0 Å². The maximum atomic E-state index is 11.1. The van der Waals surface area contributed by atoms with Crippen LogP contribution < -0.4 is 0 Å². The Hall–Kier alpha value is -0.0400. The van der Waals surface area contributed by atoms with E-state index in [0.717, 1.165) is 12.8 Å². The van der Waals surface area contributed by atoms with Crippen LogP contribution in [0.2, 0.25) is 0 Å². The predicted octanol–water partition coefficient (Wildman–Crippen LogP) is 0.971. The van der Waals surface area contributed by atoms with Crippen molar-refractivity contribution < 1.29 is 14.6 Å². The highest BCUT2D eigenvalue weighted by Crippen LogP contribution is 2.22. The molecule has 1 rings (SSSR count). The van der Waals surface area contributed by atoms with E-state index in [-0.39, 0.29) is 3.92 Å². The summed E-state index contributed by atoms with van der Waals surface area (Å²) >= 11 is 2.15. The Balaban J connectivity index is 2.57. The summed E-state index contributed by atoms with van der Waals surface area (Å²) in [6.07, 6.45) is 0.755. The maximum Gasteiger partial charge on any atom is 0.411 e. The Morgan fingerprint density at radius 1 is 1.75 bits per heavy atom. The molecular weight excluding hydrogens is 273 g/mol. The third-order valence-electron chi connectivity index (χ3n) is 1.93. The summed E-state index contributed by atoms with van der Waals surface area (Å²) in [6, 6.07) is 0. The van der Waals surface area contributed by atoms with Crippen molar-refractivity contribution >= 4 is 28.7 Å². The lowest BCUT2D eigenvalue weighted by atomic mass is 10.1. The largest absolute Gasteiger partial charge is 0.453 e. The molecule has 5 heteroatoms. The van der Waals surface area contributed by atoms with Gasteiger partial charge in [-0.2, -0.15) is 0 Å². The zero-order chi connectivity index (χ0) is 9.14. The van der Waals surface area contributed by atoms with Gasteiger partial charge in [-0.3, -0.25) is 4.90 Å². The highest BCUT2D eigenvalue weighted by Gasteiger charge is 2.31. The summed E-state index contributed by atoms with van der Waals surface area (Å²) in [5, 5.41) is 9.56.